The lowest BCUT2D eigenvalue weighted by Gasteiger charge is -2.03. The van der Waals surface area contributed by atoms with Gasteiger partial charge in [0, 0.05) is 12.1 Å². The fourth-order valence-corrected chi connectivity index (χ4v) is 1.79. The molecule has 0 atom stereocenters. The fraction of sp³-hybridized carbons (Fsp3) is 0.300. The number of nitrogens with zero attached hydrogens (tertiary/aromatic N) is 2. The molecule has 1 aromatic carbocycles. The van der Waals surface area contributed by atoms with Crippen LogP contribution in [-0.4, -0.2) is 16.1 Å². The lowest BCUT2D eigenvalue weighted by molar-refractivity contribution is 0.940. The highest BCUT2D eigenvalue weighted by Crippen LogP contribution is 2.23. The number of benzene rings is 1. The molecule has 0 spiro atoms. The van der Waals surface area contributed by atoms with E-state index in [0.717, 1.165) is 28.0 Å². The van der Waals surface area contributed by atoms with E-state index >= 15 is 0 Å². The van der Waals surface area contributed by atoms with Crippen molar-refractivity contribution in [3.63, 3.8) is 0 Å². The molecule has 2 rings (SSSR count). The fourth-order valence-electron chi connectivity index (χ4n) is 1.54. The van der Waals surface area contributed by atoms with Gasteiger partial charge in [-0.3, -0.25) is 0 Å². The highest BCUT2D eigenvalue weighted by Gasteiger charge is 2.05. The number of nitrogens with two attached hydrogens (primary N) is 1. The molecular weight excluding hydrogens is 198 g/mol. The van der Waals surface area contributed by atoms with Gasteiger partial charge in [0.05, 0.1) is 17.4 Å². The van der Waals surface area contributed by atoms with Crippen LogP contribution in [-0.2, 0) is 13.5 Å². The minimum absolute atomic E-state index is 0.614. The second-order valence-electron chi connectivity index (χ2n) is 3.33. The molecular formula is C10H12ClN3. The molecule has 0 bridgehead atoms. The van der Waals surface area contributed by atoms with Crippen LogP contribution in [0.1, 0.15) is 5.56 Å². The number of hydrogen-bond donors (Lipinski definition) is 1. The SMILES string of the molecule is Cn1cnc2cc(Cl)c(CCN)cc21. The number of fused-ring (bicyclic) bond motifs is 1. The van der Waals surface area contributed by atoms with Gasteiger partial charge in [0.25, 0.3) is 0 Å². The van der Waals surface area contributed by atoms with E-state index in [4.69, 9.17) is 17.3 Å². The van der Waals surface area contributed by atoms with Crippen molar-refractivity contribution in [1.29, 1.82) is 0 Å². The zero-order valence-electron chi connectivity index (χ0n) is 8.00. The number of imidazole rings is 1. The Bertz CT molecular complexity index is 462. The van der Waals surface area contributed by atoms with Crippen molar-refractivity contribution in [2.24, 2.45) is 12.8 Å². The van der Waals surface area contributed by atoms with Crippen molar-refractivity contribution < 1.29 is 0 Å². The molecule has 14 heavy (non-hydrogen) atoms. The molecule has 0 saturated carbocycles. The maximum absolute atomic E-state index is 6.09. The van der Waals surface area contributed by atoms with E-state index in [0.29, 0.717) is 6.54 Å². The molecule has 4 heteroatoms. The standard InChI is InChI=1S/C10H12ClN3/c1-14-6-13-9-5-8(11)7(2-3-12)4-10(9)14/h4-6H,2-3,12H2,1H3. The van der Waals surface area contributed by atoms with E-state index in [1.807, 2.05) is 17.7 Å². The van der Waals surface area contributed by atoms with Gasteiger partial charge in [-0.15, -0.1) is 0 Å². The van der Waals surface area contributed by atoms with Crippen LogP contribution in [0.25, 0.3) is 11.0 Å². The van der Waals surface area contributed by atoms with Crippen molar-refractivity contribution in [3.8, 4) is 0 Å². The maximum Gasteiger partial charge on any atom is 0.0955 e. The Balaban J connectivity index is 2.61. The molecule has 0 aliphatic carbocycles. The molecule has 2 N–H and O–H groups in total. The molecule has 0 unspecified atom stereocenters. The van der Waals surface area contributed by atoms with Gasteiger partial charge in [-0.2, -0.15) is 0 Å². The minimum Gasteiger partial charge on any atom is -0.334 e. The zero-order chi connectivity index (χ0) is 10.1. The van der Waals surface area contributed by atoms with Crippen LogP contribution in [0.15, 0.2) is 18.5 Å². The molecule has 1 aromatic heterocycles. The lowest BCUT2D eigenvalue weighted by Crippen LogP contribution is -2.03. The van der Waals surface area contributed by atoms with Gasteiger partial charge < -0.3 is 10.3 Å². The summed E-state index contributed by atoms with van der Waals surface area (Å²) in [6, 6.07) is 3.94. The first-order chi connectivity index (χ1) is 6.72. The summed E-state index contributed by atoms with van der Waals surface area (Å²) in [6.45, 7) is 0.614. The summed E-state index contributed by atoms with van der Waals surface area (Å²) in [6.07, 6.45) is 2.59. The smallest absolute Gasteiger partial charge is 0.0955 e. The van der Waals surface area contributed by atoms with Gasteiger partial charge in [0.1, 0.15) is 0 Å². The first kappa shape index (κ1) is 9.49. The van der Waals surface area contributed by atoms with E-state index in [2.05, 4.69) is 11.1 Å². The minimum atomic E-state index is 0.614. The molecule has 0 radical (unpaired) electrons. The van der Waals surface area contributed by atoms with Crippen LogP contribution < -0.4 is 5.73 Å². The summed E-state index contributed by atoms with van der Waals surface area (Å²) in [5.41, 5.74) is 8.62. The molecule has 0 amide bonds. The Morgan fingerprint density at radius 3 is 3.00 bits per heavy atom. The second kappa shape index (κ2) is 3.59. The highest BCUT2D eigenvalue weighted by molar-refractivity contribution is 6.32. The Kier molecular flexibility index (Phi) is 2.44. The number of halogens is 1. The third-order valence-corrected chi connectivity index (χ3v) is 2.66. The van der Waals surface area contributed by atoms with E-state index in [1.165, 1.54) is 0 Å². The van der Waals surface area contributed by atoms with Gasteiger partial charge in [-0.05, 0) is 30.7 Å². The third kappa shape index (κ3) is 1.49. The van der Waals surface area contributed by atoms with Gasteiger partial charge in [0.2, 0.25) is 0 Å². The van der Waals surface area contributed by atoms with Gasteiger partial charge in [0.15, 0.2) is 0 Å². The normalized spacial score (nSPS) is 11.1. The summed E-state index contributed by atoms with van der Waals surface area (Å²) >= 11 is 6.09. The molecule has 3 nitrogen and oxygen atoms in total. The highest BCUT2D eigenvalue weighted by atomic mass is 35.5. The average molecular weight is 210 g/mol. The van der Waals surface area contributed by atoms with Crippen LogP contribution in [0.5, 0.6) is 0 Å². The zero-order valence-corrected chi connectivity index (χ0v) is 8.75. The molecule has 0 aliphatic rings. The van der Waals surface area contributed by atoms with Crippen molar-refractivity contribution in [2.75, 3.05) is 6.54 Å². The Hall–Kier alpha value is -1.06. The topological polar surface area (TPSA) is 43.8 Å². The quantitative estimate of drug-likeness (QED) is 0.819. The molecule has 0 aliphatic heterocycles. The average Bonchev–Trinajstić information content (AvgIpc) is 2.49. The van der Waals surface area contributed by atoms with Crippen molar-refractivity contribution in [3.05, 3.63) is 29.0 Å². The number of aromatic nitrogens is 2. The summed E-state index contributed by atoms with van der Waals surface area (Å²) in [7, 11) is 1.97. The summed E-state index contributed by atoms with van der Waals surface area (Å²) < 4.78 is 1.98. The first-order valence-corrected chi connectivity index (χ1v) is 4.89. The molecule has 1 heterocycles. The van der Waals surface area contributed by atoms with Crippen LogP contribution in [0, 0.1) is 0 Å². The van der Waals surface area contributed by atoms with Crippen LogP contribution in [0.2, 0.25) is 5.02 Å². The van der Waals surface area contributed by atoms with Gasteiger partial charge in [-0.1, -0.05) is 11.6 Å². The Labute approximate surface area is 87.5 Å². The predicted molar refractivity (Wildman–Crippen MR) is 58.5 cm³/mol. The molecule has 74 valence electrons. The Morgan fingerprint density at radius 1 is 1.50 bits per heavy atom. The first-order valence-electron chi connectivity index (χ1n) is 4.52. The summed E-state index contributed by atoms with van der Waals surface area (Å²) in [5.74, 6) is 0. The van der Waals surface area contributed by atoms with Crippen LogP contribution >= 0.6 is 11.6 Å². The number of aryl methyl sites for hydroxylation is 1. The van der Waals surface area contributed by atoms with Gasteiger partial charge in [-0.25, -0.2) is 4.98 Å². The van der Waals surface area contributed by atoms with Crippen LogP contribution in [0.3, 0.4) is 0 Å². The molecule has 0 fully saturated rings. The monoisotopic (exact) mass is 209 g/mol. The summed E-state index contributed by atoms with van der Waals surface area (Å²) in [5, 5.41) is 0.752. The predicted octanol–water partition coefficient (Wildman–Crippen LogP) is 1.73. The number of hydrogen-bond acceptors (Lipinski definition) is 2. The van der Waals surface area contributed by atoms with Crippen molar-refractivity contribution in [1.82, 2.24) is 9.55 Å². The van der Waals surface area contributed by atoms with Crippen molar-refractivity contribution in [2.45, 2.75) is 6.42 Å². The van der Waals surface area contributed by atoms with Crippen molar-refractivity contribution >= 4 is 22.6 Å². The van der Waals surface area contributed by atoms with Crippen LogP contribution in [0.4, 0.5) is 0 Å². The maximum atomic E-state index is 6.09. The second-order valence-corrected chi connectivity index (χ2v) is 3.73. The third-order valence-electron chi connectivity index (χ3n) is 2.31. The van der Waals surface area contributed by atoms with E-state index in [9.17, 15) is 0 Å². The summed E-state index contributed by atoms with van der Waals surface area (Å²) in [4.78, 5) is 4.23. The lowest BCUT2D eigenvalue weighted by atomic mass is 10.1. The van der Waals surface area contributed by atoms with E-state index in [-0.39, 0.29) is 0 Å². The van der Waals surface area contributed by atoms with E-state index < -0.39 is 0 Å². The van der Waals surface area contributed by atoms with Gasteiger partial charge >= 0.3 is 0 Å². The Morgan fingerprint density at radius 2 is 2.29 bits per heavy atom. The molecule has 2 aromatic rings. The van der Waals surface area contributed by atoms with E-state index in [1.54, 1.807) is 6.33 Å². The number of rotatable bonds is 2. The molecule has 0 saturated heterocycles. The largest absolute Gasteiger partial charge is 0.334 e.